The Balaban J connectivity index is 0.00000144. The summed E-state index contributed by atoms with van der Waals surface area (Å²) in [5.74, 6) is 0.616. The monoisotopic (exact) mass is 309 g/mol. The van der Waals surface area contributed by atoms with Crippen LogP contribution in [-0.2, 0) is 44.0 Å². The van der Waals surface area contributed by atoms with E-state index >= 15 is 0 Å². The van der Waals surface area contributed by atoms with Gasteiger partial charge in [0.25, 0.3) is 0 Å². The van der Waals surface area contributed by atoms with Gasteiger partial charge in [-0.2, -0.15) is 12.1 Å². The van der Waals surface area contributed by atoms with E-state index < -0.39 is 0 Å². The first-order chi connectivity index (χ1) is 7.65. The van der Waals surface area contributed by atoms with Gasteiger partial charge in [-0.15, -0.1) is 11.1 Å². The van der Waals surface area contributed by atoms with E-state index in [1.165, 1.54) is 12.2 Å². The number of hydrogen-bond donors (Lipinski definition) is 0. The van der Waals surface area contributed by atoms with Crippen LogP contribution in [0.4, 0.5) is 0 Å². The molecular weight excluding hydrogens is 295 g/mol. The van der Waals surface area contributed by atoms with Gasteiger partial charge in [0.2, 0.25) is 5.91 Å². The minimum absolute atomic E-state index is 0. The summed E-state index contributed by atoms with van der Waals surface area (Å²) in [5, 5.41) is 1.19. The van der Waals surface area contributed by atoms with E-state index in [9.17, 15) is 4.79 Å². The van der Waals surface area contributed by atoms with Gasteiger partial charge in [-0.3, -0.25) is 9.63 Å². The summed E-state index contributed by atoms with van der Waals surface area (Å²) < 4.78 is 5.49. The van der Waals surface area contributed by atoms with E-state index in [1.807, 2.05) is 6.92 Å². The maximum absolute atomic E-state index is 11.9. The molecule has 0 unspecified atom stereocenters. The van der Waals surface area contributed by atoms with Crippen LogP contribution in [0, 0.1) is 13.0 Å². The Bertz CT molecular complexity index is 434. The van der Waals surface area contributed by atoms with E-state index in [0.717, 1.165) is 23.3 Å². The maximum atomic E-state index is 11.9. The van der Waals surface area contributed by atoms with E-state index in [-0.39, 0.29) is 38.6 Å². The van der Waals surface area contributed by atoms with Crippen molar-refractivity contribution in [1.29, 1.82) is 0 Å². The molecule has 89 valence electrons. The first-order valence-corrected chi connectivity index (χ1v) is 5.14. The van der Waals surface area contributed by atoms with E-state index in [2.05, 4.69) is 6.07 Å². The van der Waals surface area contributed by atoms with Gasteiger partial charge in [0.1, 0.15) is 0 Å². The zero-order valence-electron chi connectivity index (χ0n) is 10.2. The molecule has 4 nitrogen and oxygen atoms in total. The summed E-state index contributed by atoms with van der Waals surface area (Å²) in [7, 11) is 3.04. The van der Waals surface area contributed by atoms with Crippen LogP contribution in [0.2, 0.25) is 0 Å². The van der Waals surface area contributed by atoms with Gasteiger partial charge in [-0.05, 0) is 6.42 Å². The molecule has 0 atom stereocenters. The average Bonchev–Trinajstić information content (AvgIpc) is 2.76. The quantitative estimate of drug-likeness (QED) is 0.612. The molecule has 1 amide bonds. The molecule has 1 aromatic carbocycles. The molecule has 17 heavy (non-hydrogen) atoms. The van der Waals surface area contributed by atoms with Crippen molar-refractivity contribution in [3.8, 4) is 5.75 Å². The fraction of sp³-hybridized carbons (Fsp3) is 0.417. The van der Waals surface area contributed by atoms with Crippen molar-refractivity contribution in [2.45, 2.75) is 13.3 Å². The van der Waals surface area contributed by atoms with Crippen molar-refractivity contribution in [3.63, 3.8) is 0 Å². The second-order valence-corrected chi connectivity index (χ2v) is 3.72. The minimum atomic E-state index is -0.186. The zero-order chi connectivity index (χ0) is 11.7. The fourth-order valence-electron chi connectivity index (χ4n) is 1.79. The van der Waals surface area contributed by atoms with Gasteiger partial charge in [0.05, 0.1) is 13.7 Å². The predicted octanol–water partition coefficient (Wildman–Crippen LogP) is 1.36. The second kappa shape index (κ2) is 5.94. The minimum Gasteiger partial charge on any atom is -0.550 e. The van der Waals surface area contributed by atoms with Crippen molar-refractivity contribution < 1.29 is 47.1 Å². The Morgan fingerprint density at radius 1 is 1.59 bits per heavy atom. The molecule has 1 aliphatic rings. The molecule has 0 aliphatic carbocycles. The van der Waals surface area contributed by atoms with Crippen LogP contribution in [-0.4, -0.2) is 31.7 Å². The number of nitrogens with zero attached hydrogens (tertiary/aromatic N) is 1. The fourth-order valence-corrected chi connectivity index (χ4v) is 1.79. The van der Waals surface area contributed by atoms with Gasteiger partial charge in [-0.1, -0.05) is 12.5 Å². The second-order valence-electron chi connectivity index (χ2n) is 3.72. The molecule has 1 aliphatic heterocycles. The molecule has 0 aromatic heterocycles. The first kappa shape index (κ1) is 14.6. The Kier molecular flexibility index (Phi) is 5.11. The molecule has 1 radical (unpaired) electrons. The summed E-state index contributed by atoms with van der Waals surface area (Å²) in [6.07, 6.45) is 0.866. The molecule has 0 saturated heterocycles. The number of carbonyl (C=O) groups excluding carboxylic acids is 1. The predicted molar refractivity (Wildman–Crippen MR) is 58.3 cm³/mol. The molecule has 1 aromatic rings. The molecule has 2 rings (SSSR count). The SMILES string of the molecule is CON(C)C(=O)c1c[c-]c2c(c1C)OCC2.[Y]. The smallest absolute Gasteiger partial charge is 0.221 e. The summed E-state index contributed by atoms with van der Waals surface area (Å²) in [5.41, 5.74) is 2.49. The van der Waals surface area contributed by atoms with Crippen LogP contribution in [0.15, 0.2) is 6.07 Å². The molecular formula is C12H14NO3Y-. The number of hydrogen-bond acceptors (Lipinski definition) is 3. The third-order valence-corrected chi connectivity index (χ3v) is 2.80. The largest absolute Gasteiger partial charge is 0.550 e. The van der Waals surface area contributed by atoms with Crippen molar-refractivity contribution in [2.75, 3.05) is 20.8 Å². The number of rotatable bonds is 2. The zero-order valence-corrected chi connectivity index (χ0v) is 13.1. The maximum Gasteiger partial charge on any atom is 0.221 e. The van der Waals surface area contributed by atoms with E-state index in [0.29, 0.717) is 12.2 Å². The van der Waals surface area contributed by atoms with Crippen molar-refractivity contribution >= 4 is 5.91 Å². The number of benzene rings is 1. The van der Waals surface area contributed by atoms with Crippen LogP contribution in [0.1, 0.15) is 21.5 Å². The van der Waals surface area contributed by atoms with Gasteiger partial charge in [-0.25, -0.2) is 5.06 Å². The third kappa shape index (κ3) is 2.70. The van der Waals surface area contributed by atoms with E-state index in [4.69, 9.17) is 9.57 Å². The number of ether oxygens (including phenoxy) is 1. The molecule has 0 N–H and O–H groups in total. The topological polar surface area (TPSA) is 38.8 Å². The summed E-state index contributed by atoms with van der Waals surface area (Å²) in [6.45, 7) is 2.55. The van der Waals surface area contributed by atoms with Crippen molar-refractivity contribution in [3.05, 3.63) is 28.8 Å². The summed E-state index contributed by atoms with van der Waals surface area (Å²) in [4.78, 5) is 16.8. The normalized spacial score (nSPS) is 12.4. The number of carbonyl (C=O) groups is 1. The molecule has 1 heterocycles. The van der Waals surface area contributed by atoms with Gasteiger partial charge < -0.3 is 4.74 Å². The first-order valence-electron chi connectivity index (χ1n) is 5.14. The van der Waals surface area contributed by atoms with Crippen LogP contribution in [0.5, 0.6) is 5.75 Å². The molecule has 0 fully saturated rings. The van der Waals surface area contributed by atoms with Gasteiger partial charge >= 0.3 is 0 Å². The van der Waals surface area contributed by atoms with Crippen LogP contribution < -0.4 is 4.74 Å². The van der Waals surface area contributed by atoms with Crippen LogP contribution >= 0.6 is 0 Å². The Labute approximate surface area is 126 Å². The van der Waals surface area contributed by atoms with Gasteiger partial charge in [0, 0.05) is 45.5 Å². The standard InChI is InChI=1S/C12H14NO3.Y/c1-8-10(12(14)13(2)15-3)5-4-9-6-7-16-11(8)9;/h5H,6-7H2,1-3H3;/q-1;. The Hall–Kier alpha value is -0.446. The van der Waals surface area contributed by atoms with E-state index in [1.54, 1.807) is 13.1 Å². The number of fused-ring (bicyclic) bond motifs is 1. The Morgan fingerprint density at radius 3 is 2.94 bits per heavy atom. The average molecular weight is 309 g/mol. The van der Waals surface area contributed by atoms with Gasteiger partial charge in [0.15, 0.2) is 0 Å². The number of amides is 1. The van der Waals surface area contributed by atoms with Crippen LogP contribution in [0.3, 0.4) is 0 Å². The molecule has 5 heteroatoms. The molecule has 0 bridgehead atoms. The van der Waals surface area contributed by atoms with Crippen LogP contribution in [0.25, 0.3) is 0 Å². The number of hydroxylamine groups is 2. The molecule has 0 saturated carbocycles. The summed E-state index contributed by atoms with van der Waals surface area (Å²) >= 11 is 0. The Morgan fingerprint density at radius 2 is 2.29 bits per heavy atom. The summed E-state index contributed by atoms with van der Waals surface area (Å²) in [6, 6.07) is 4.80. The molecule has 0 spiro atoms. The van der Waals surface area contributed by atoms with Crippen molar-refractivity contribution in [2.24, 2.45) is 0 Å². The third-order valence-electron chi connectivity index (χ3n) is 2.80. The van der Waals surface area contributed by atoms with Crippen molar-refractivity contribution in [1.82, 2.24) is 5.06 Å².